The number of hydrogen-bond acceptors (Lipinski definition) is 5. The third-order valence-corrected chi connectivity index (χ3v) is 5.68. The number of β-amino-alcohol motifs (C(OH)–C–C–N with tert-alkyl or cyclic N) is 1. The van der Waals surface area contributed by atoms with Crippen molar-refractivity contribution in [2.45, 2.75) is 16.9 Å². The highest BCUT2D eigenvalue weighted by Crippen LogP contribution is 2.30. The summed E-state index contributed by atoms with van der Waals surface area (Å²) in [5.41, 5.74) is 4.54. The van der Waals surface area contributed by atoms with E-state index < -0.39 is 15.6 Å². The molecule has 1 atom stereocenters. The molecule has 3 N–H and O–H groups in total. The van der Waals surface area contributed by atoms with Gasteiger partial charge >= 0.3 is 0 Å². The van der Waals surface area contributed by atoms with Gasteiger partial charge in [-0.25, -0.2) is 8.42 Å². The van der Waals surface area contributed by atoms with Gasteiger partial charge in [-0.05, 0) is 24.6 Å². The van der Waals surface area contributed by atoms with Crippen molar-refractivity contribution in [3.05, 3.63) is 28.8 Å². The highest BCUT2D eigenvalue weighted by molar-refractivity contribution is 7.89. The quantitative estimate of drug-likeness (QED) is 0.834. The van der Waals surface area contributed by atoms with Gasteiger partial charge in [0.05, 0.1) is 22.3 Å². The van der Waals surface area contributed by atoms with E-state index in [0.717, 1.165) is 4.31 Å². The summed E-state index contributed by atoms with van der Waals surface area (Å²) in [6, 6.07) is 5.89. The number of benzene rings is 1. The lowest BCUT2D eigenvalue weighted by molar-refractivity contribution is 0.0651. The molecule has 0 spiro atoms. The Kier molecular flexibility index (Phi) is 4.04. The second kappa shape index (κ2) is 5.31. The first-order valence-electron chi connectivity index (χ1n) is 5.95. The number of nitriles is 1. The molecule has 1 aliphatic rings. The first-order valence-corrected chi connectivity index (χ1v) is 7.76. The van der Waals surface area contributed by atoms with Crippen LogP contribution in [0.2, 0.25) is 5.02 Å². The van der Waals surface area contributed by atoms with E-state index >= 15 is 0 Å². The van der Waals surface area contributed by atoms with Crippen LogP contribution in [0.4, 0.5) is 0 Å². The van der Waals surface area contributed by atoms with Crippen molar-refractivity contribution in [1.82, 2.24) is 4.31 Å². The maximum Gasteiger partial charge on any atom is 0.244 e. The Hall–Kier alpha value is -1.17. The van der Waals surface area contributed by atoms with Crippen LogP contribution >= 0.6 is 11.6 Å². The fourth-order valence-electron chi connectivity index (χ4n) is 2.11. The lowest BCUT2D eigenvalue weighted by Gasteiger charge is -2.21. The first kappa shape index (κ1) is 15.2. The topological polar surface area (TPSA) is 107 Å². The molecular weight excluding hydrogens is 302 g/mol. The molecule has 0 saturated carbocycles. The Labute approximate surface area is 122 Å². The highest BCUT2D eigenvalue weighted by atomic mass is 35.5. The summed E-state index contributed by atoms with van der Waals surface area (Å²) in [6.45, 7) is 0.134. The molecule has 0 aliphatic carbocycles. The molecule has 1 fully saturated rings. The maximum absolute atomic E-state index is 12.5. The molecule has 0 unspecified atom stereocenters. The molecule has 1 aromatic carbocycles. The smallest absolute Gasteiger partial charge is 0.244 e. The van der Waals surface area contributed by atoms with Crippen LogP contribution in [0, 0.1) is 11.3 Å². The average Bonchev–Trinajstić information content (AvgIpc) is 2.82. The van der Waals surface area contributed by atoms with E-state index in [0.29, 0.717) is 0 Å². The molecule has 0 radical (unpaired) electrons. The zero-order valence-electron chi connectivity index (χ0n) is 10.6. The van der Waals surface area contributed by atoms with E-state index in [2.05, 4.69) is 0 Å². The van der Waals surface area contributed by atoms with Gasteiger partial charge in [0.2, 0.25) is 10.0 Å². The summed E-state index contributed by atoms with van der Waals surface area (Å²) in [4.78, 5) is -0.0700. The number of rotatable bonds is 3. The normalized spacial score (nSPS) is 23.7. The fourth-order valence-corrected chi connectivity index (χ4v) is 4.15. The summed E-state index contributed by atoms with van der Waals surface area (Å²) in [5, 5.41) is 18.8. The number of hydrogen-bond donors (Lipinski definition) is 2. The average molecular weight is 316 g/mol. The van der Waals surface area contributed by atoms with Crippen LogP contribution in [-0.4, -0.2) is 43.1 Å². The van der Waals surface area contributed by atoms with Crippen molar-refractivity contribution in [1.29, 1.82) is 5.26 Å². The van der Waals surface area contributed by atoms with Crippen molar-refractivity contribution < 1.29 is 13.5 Å². The summed E-state index contributed by atoms with van der Waals surface area (Å²) in [5.74, 6) is 0. The van der Waals surface area contributed by atoms with E-state index in [1.165, 1.54) is 18.2 Å². The van der Waals surface area contributed by atoms with Crippen molar-refractivity contribution in [3.8, 4) is 6.07 Å². The monoisotopic (exact) mass is 315 g/mol. The minimum absolute atomic E-state index is 0.000121. The maximum atomic E-state index is 12.5. The van der Waals surface area contributed by atoms with Crippen LogP contribution in [0.25, 0.3) is 0 Å². The van der Waals surface area contributed by atoms with Crippen LogP contribution in [0.1, 0.15) is 12.0 Å². The molecule has 0 amide bonds. The molecule has 1 aliphatic heterocycles. The minimum atomic E-state index is -3.80. The lowest BCUT2D eigenvalue weighted by atomic mass is 10.1. The van der Waals surface area contributed by atoms with Gasteiger partial charge in [-0.3, -0.25) is 0 Å². The lowest BCUT2D eigenvalue weighted by Crippen LogP contribution is -2.41. The van der Waals surface area contributed by atoms with Crippen molar-refractivity contribution >= 4 is 21.6 Å². The van der Waals surface area contributed by atoms with Crippen LogP contribution in [0.15, 0.2) is 23.1 Å². The summed E-state index contributed by atoms with van der Waals surface area (Å²) >= 11 is 5.93. The molecule has 1 saturated heterocycles. The van der Waals surface area contributed by atoms with Crippen molar-refractivity contribution in [2.75, 3.05) is 19.6 Å². The van der Waals surface area contributed by atoms with Crippen LogP contribution < -0.4 is 5.73 Å². The molecule has 20 heavy (non-hydrogen) atoms. The van der Waals surface area contributed by atoms with Crippen LogP contribution in [0.3, 0.4) is 0 Å². The van der Waals surface area contributed by atoms with Crippen LogP contribution in [0.5, 0.6) is 0 Å². The van der Waals surface area contributed by atoms with Gasteiger partial charge in [0.15, 0.2) is 0 Å². The number of nitrogens with two attached hydrogens (primary N) is 1. The fraction of sp³-hybridized carbons (Fsp3) is 0.417. The molecule has 6 nitrogen and oxygen atoms in total. The molecule has 2 rings (SSSR count). The number of nitrogens with zero attached hydrogens (tertiary/aromatic N) is 2. The Bertz CT molecular complexity index is 671. The highest BCUT2D eigenvalue weighted by Gasteiger charge is 2.41. The van der Waals surface area contributed by atoms with Gasteiger partial charge in [-0.1, -0.05) is 11.6 Å². The molecule has 0 aromatic heterocycles. The second-order valence-electron chi connectivity index (χ2n) is 4.77. The predicted octanol–water partition coefficient (Wildman–Crippen LogP) is 0.296. The Balaban J connectivity index is 2.35. The SMILES string of the molecule is N#Cc1ccc(S(=O)(=O)N2CC[C@](O)(CN)C2)c(Cl)c1. The molecule has 1 heterocycles. The minimum Gasteiger partial charge on any atom is -0.387 e. The van der Waals surface area contributed by atoms with E-state index in [-0.39, 0.29) is 41.5 Å². The predicted molar refractivity (Wildman–Crippen MR) is 73.5 cm³/mol. The third-order valence-electron chi connectivity index (χ3n) is 3.36. The number of sulfonamides is 1. The molecule has 108 valence electrons. The summed E-state index contributed by atoms with van der Waals surface area (Å²) in [7, 11) is -3.80. The van der Waals surface area contributed by atoms with Gasteiger partial charge in [0.1, 0.15) is 4.90 Å². The van der Waals surface area contributed by atoms with Gasteiger partial charge in [-0.15, -0.1) is 0 Å². The van der Waals surface area contributed by atoms with E-state index in [4.69, 9.17) is 22.6 Å². The van der Waals surface area contributed by atoms with Crippen molar-refractivity contribution in [3.63, 3.8) is 0 Å². The second-order valence-corrected chi connectivity index (χ2v) is 7.09. The molecule has 8 heteroatoms. The largest absolute Gasteiger partial charge is 0.387 e. The molecular formula is C12H14ClN3O3S. The van der Waals surface area contributed by atoms with Gasteiger partial charge in [0, 0.05) is 19.6 Å². The first-order chi connectivity index (χ1) is 9.32. The molecule has 1 aromatic rings. The number of aliphatic hydroxyl groups is 1. The number of halogens is 1. The van der Waals surface area contributed by atoms with E-state index in [1.807, 2.05) is 6.07 Å². The zero-order valence-corrected chi connectivity index (χ0v) is 12.2. The Morgan fingerprint density at radius 3 is 2.75 bits per heavy atom. The summed E-state index contributed by atoms with van der Waals surface area (Å²) < 4.78 is 26.1. The van der Waals surface area contributed by atoms with Gasteiger partial charge in [-0.2, -0.15) is 9.57 Å². The van der Waals surface area contributed by atoms with Gasteiger partial charge in [0.25, 0.3) is 0 Å². The van der Waals surface area contributed by atoms with Crippen LogP contribution in [-0.2, 0) is 10.0 Å². The molecule has 0 bridgehead atoms. The van der Waals surface area contributed by atoms with E-state index in [9.17, 15) is 13.5 Å². The van der Waals surface area contributed by atoms with Gasteiger partial charge < -0.3 is 10.8 Å². The Morgan fingerprint density at radius 2 is 2.25 bits per heavy atom. The standard InChI is InChI=1S/C12H14ClN3O3S/c13-10-5-9(6-14)1-2-11(10)20(18,19)16-4-3-12(17,7-15)8-16/h1-2,5,17H,3-4,7-8,15H2/t12-/m0/s1. The van der Waals surface area contributed by atoms with Crippen molar-refractivity contribution in [2.24, 2.45) is 5.73 Å². The zero-order chi connectivity index (χ0) is 15.0. The third kappa shape index (κ3) is 2.66. The summed E-state index contributed by atoms with van der Waals surface area (Å²) in [6.07, 6.45) is 0.288. The Morgan fingerprint density at radius 1 is 1.55 bits per heavy atom. The van der Waals surface area contributed by atoms with E-state index in [1.54, 1.807) is 0 Å².